The van der Waals surface area contributed by atoms with Crippen LogP contribution < -0.4 is 15.5 Å². The van der Waals surface area contributed by atoms with E-state index in [1.807, 2.05) is 45.3 Å². The van der Waals surface area contributed by atoms with E-state index in [9.17, 15) is 14.9 Å². The summed E-state index contributed by atoms with van der Waals surface area (Å²) >= 11 is 0. The summed E-state index contributed by atoms with van der Waals surface area (Å²) < 4.78 is 1.93. The maximum Gasteiger partial charge on any atom is 0.446 e. The Morgan fingerprint density at radius 2 is 1.85 bits per heavy atom. The van der Waals surface area contributed by atoms with Gasteiger partial charge in [0.2, 0.25) is 6.33 Å². The molecule has 0 atom stereocenters. The number of fused-ring (bicyclic) bond motifs is 2. The number of hydrogen-bond acceptors (Lipinski definition) is 6. The van der Waals surface area contributed by atoms with E-state index >= 15 is 0 Å². The third kappa shape index (κ3) is 4.03. The fourth-order valence-corrected chi connectivity index (χ4v) is 4.46. The van der Waals surface area contributed by atoms with Gasteiger partial charge in [0.05, 0.1) is 42.9 Å². The normalized spacial score (nSPS) is 11.8. The molecule has 2 heterocycles. The number of imidazole rings is 1. The van der Waals surface area contributed by atoms with Crippen LogP contribution in [0.4, 0.5) is 17.3 Å². The number of anilines is 1. The van der Waals surface area contributed by atoms with Gasteiger partial charge >= 0.3 is 11.6 Å². The summed E-state index contributed by atoms with van der Waals surface area (Å²) in [6.07, 6.45) is 2.06. The standard InChI is InChI=1S/C24H27N7O3/c1-15-8-5-9-16-19(25)17-10-6-11-18(21(17)28-20(15)16)23(32)26-12-7-13-31(3,4)24-22(30(33)34)27-14-29(24)2/h5-6,8-11,14H,7,12-13H2,1-4H3,(H2-,25,26,28,32)/p+1. The number of nitro groups is 1. The van der Waals surface area contributed by atoms with E-state index in [-0.39, 0.29) is 16.2 Å². The van der Waals surface area contributed by atoms with Crippen LogP contribution in [0.5, 0.6) is 0 Å². The van der Waals surface area contributed by atoms with Crippen molar-refractivity contribution < 1.29 is 9.72 Å². The molecule has 2 aromatic heterocycles. The van der Waals surface area contributed by atoms with Crippen molar-refractivity contribution in [3.8, 4) is 0 Å². The van der Waals surface area contributed by atoms with Crippen molar-refractivity contribution in [2.24, 2.45) is 7.05 Å². The molecule has 0 spiro atoms. The highest BCUT2D eigenvalue weighted by Crippen LogP contribution is 2.31. The van der Waals surface area contributed by atoms with Crippen LogP contribution in [-0.2, 0) is 7.05 Å². The Labute approximate surface area is 196 Å². The van der Waals surface area contributed by atoms with E-state index in [0.29, 0.717) is 42.1 Å². The Morgan fingerprint density at radius 3 is 2.56 bits per heavy atom. The first-order chi connectivity index (χ1) is 16.1. The molecule has 0 radical (unpaired) electrons. The maximum absolute atomic E-state index is 13.0. The number of aromatic nitrogens is 3. The number of nitrogens with two attached hydrogens (primary N) is 1. The number of amides is 1. The molecule has 4 aromatic rings. The quantitative estimate of drug-likeness (QED) is 0.143. The van der Waals surface area contributed by atoms with E-state index < -0.39 is 4.92 Å². The third-order valence-corrected chi connectivity index (χ3v) is 6.14. The van der Waals surface area contributed by atoms with Gasteiger partial charge in [-0.2, -0.15) is 0 Å². The van der Waals surface area contributed by atoms with Crippen molar-refractivity contribution in [2.75, 3.05) is 32.9 Å². The minimum atomic E-state index is -0.470. The number of pyridine rings is 1. The number of quaternary nitrogens is 1. The molecular weight excluding hydrogens is 434 g/mol. The van der Waals surface area contributed by atoms with Crippen molar-refractivity contribution in [3.63, 3.8) is 0 Å². The molecule has 3 N–H and O–H groups in total. The Bertz CT molecular complexity index is 1430. The predicted molar refractivity (Wildman–Crippen MR) is 134 cm³/mol. The summed E-state index contributed by atoms with van der Waals surface area (Å²) in [5.74, 6) is 0.119. The molecule has 0 bridgehead atoms. The van der Waals surface area contributed by atoms with E-state index in [4.69, 9.17) is 10.7 Å². The molecule has 176 valence electrons. The van der Waals surface area contributed by atoms with E-state index in [1.54, 1.807) is 23.7 Å². The van der Waals surface area contributed by atoms with Gasteiger partial charge < -0.3 is 21.2 Å². The predicted octanol–water partition coefficient (Wildman–Crippen LogP) is 3.31. The molecule has 0 aliphatic heterocycles. The molecule has 0 fully saturated rings. The zero-order chi connectivity index (χ0) is 24.6. The lowest BCUT2D eigenvalue weighted by atomic mass is 10.0. The van der Waals surface area contributed by atoms with Crippen molar-refractivity contribution in [1.29, 1.82) is 0 Å². The first-order valence-electron chi connectivity index (χ1n) is 11.0. The highest BCUT2D eigenvalue weighted by atomic mass is 16.6. The monoisotopic (exact) mass is 462 g/mol. The van der Waals surface area contributed by atoms with Crippen LogP contribution in [0.1, 0.15) is 22.3 Å². The number of para-hydroxylation sites is 2. The first kappa shape index (κ1) is 23.1. The van der Waals surface area contributed by atoms with Crippen LogP contribution in [0.3, 0.4) is 0 Å². The van der Waals surface area contributed by atoms with Gasteiger partial charge in [0.25, 0.3) is 5.91 Å². The van der Waals surface area contributed by atoms with Crippen molar-refractivity contribution >= 4 is 45.0 Å². The molecular formula is C24H28N7O3+. The molecule has 4 rings (SSSR count). The maximum atomic E-state index is 13.0. The topological polar surface area (TPSA) is 129 Å². The van der Waals surface area contributed by atoms with E-state index in [1.165, 1.54) is 6.33 Å². The lowest BCUT2D eigenvalue weighted by molar-refractivity contribution is -0.389. The van der Waals surface area contributed by atoms with Gasteiger partial charge in [-0.25, -0.2) is 4.98 Å². The average Bonchev–Trinajstić information content (AvgIpc) is 3.20. The summed E-state index contributed by atoms with van der Waals surface area (Å²) in [5, 5.41) is 15.9. The van der Waals surface area contributed by atoms with Gasteiger partial charge in [0.15, 0.2) is 0 Å². The number of nitrogens with zero attached hydrogens (tertiary/aromatic N) is 5. The van der Waals surface area contributed by atoms with Gasteiger partial charge in [-0.1, -0.05) is 30.3 Å². The van der Waals surface area contributed by atoms with Crippen LogP contribution >= 0.6 is 0 Å². The SMILES string of the molecule is Cc1cccc2c(N)c3cccc(C(=O)NCCC[N+](C)(C)c4c([N+](=O)[O-])ncn4C)c3nc12. The van der Waals surface area contributed by atoms with Gasteiger partial charge in [-0.3, -0.25) is 13.8 Å². The second kappa shape index (κ2) is 8.71. The molecule has 10 heteroatoms. The Balaban J connectivity index is 1.51. The highest BCUT2D eigenvalue weighted by Gasteiger charge is 2.34. The molecule has 0 saturated heterocycles. The van der Waals surface area contributed by atoms with Gasteiger partial charge in [-0.05, 0) is 28.5 Å². The molecule has 0 unspecified atom stereocenters. The Kier molecular flexibility index (Phi) is 5.92. The fourth-order valence-electron chi connectivity index (χ4n) is 4.46. The molecule has 0 saturated carbocycles. The van der Waals surface area contributed by atoms with Crippen molar-refractivity contribution in [3.05, 3.63) is 64.0 Å². The lowest BCUT2D eigenvalue weighted by Gasteiger charge is -2.27. The smallest absolute Gasteiger partial charge is 0.398 e. The number of carbonyl (C=O) groups is 1. The zero-order valence-corrected chi connectivity index (χ0v) is 19.7. The average molecular weight is 463 g/mol. The number of nitrogens with one attached hydrogen (secondary N) is 1. The molecule has 2 aromatic carbocycles. The number of benzene rings is 2. The Morgan fingerprint density at radius 1 is 1.18 bits per heavy atom. The molecule has 0 aliphatic rings. The van der Waals surface area contributed by atoms with Crippen molar-refractivity contribution in [1.82, 2.24) is 24.3 Å². The molecule has 1 amide bonds. The number of rotatable bonds is 7. The van der Waals surface area contributed by atoms with Gasteiger partial charge in [-0.15, -0.1) is 0 Å². The number of nitrogen functional groups attached to an aromatic ring is 1. The van der Waals surface area contributed by atoms with Crippen LogP contribution in [0.25, 0.3) is 21.8 Å². The van der Waals surface area contributed by atoms with E-state index in [2.05, 4.69) is 10.3 Å². The fraction of sp³-hybridized carbons (Fsp3) is 0.292. The number of hydrogen-bond donors (Lipinski definition) is 2. The third-order valence-electron chi connectivity index (χ3n) is 6.14. The Hall–Kier alpha value is -4.05. The first-order valence-corrected chi connectivity index (χ1v) is 11.0. The second-order valence-electron chi connectivity index (χ2n) is 8.98. The van der Waals surface area contributed by atoms with Crippen LogP contribution in [0.15, 0.2) is 42.7 Å². The molecule has 34 heavy (non-hydrogen) atoms. The minimum Gasteiger partial charge on any atom is -0.398 e. The number of aryl methyl sites for hydroxylation is 2. The van der Waals surface area contributed by atoms with Crippen molar-refractivity contribution in [2.45, 2.75) is 13.3 Å². The zero-order valence-electron chi connectivity index (χ0n) is 19.7. The lowest BCUT2D eigenvalue weighted by Crippen LogP contribution is -2.44. The minimum absolute atomic E-state index is 0.154. The molecule has 10 nitrogen and oxygen atoms in total. The number of carbonyl (C=O) groups excluding carboxylic acids is 1. The summed E-state index contributed by atoms with van der Waals surface area (Å²) in [6, 6.07) is 11.3. The van der Waals surface area contributed by atoms with Gasteiger partial charge in [0, 0.05) is 30.8 Å². The highest BCUT2D eigenvalue weighted by molar-refractivity contribution is 6.13. The molecule has 0 aliphatic carbocycles. The summed E-state index contributed by atoms with van der Waals surface area (Å²) in [6.45, 7) is 2.95. The summed E-state index contributed by atoms with van der Waals surface area (Å²) in [4.78, 5) is 32.6. The van der Waals surface area contributed by atoms with Crippen LogP contribution in [0.2, 0.25) is 0 Å². The van der Waals surface area contributed by atoms with E-state index in [0.717, 1.165) is 21.9 Å². The summed E-state index contributed by atoms with van der Waals surface area (Å²) in [5.41, 5.74) is 9.84. The van der Waals surface area contributed by atoms with Crippen LogP contribution in [0, 0.1) is 17.0 Å². The van der Waals surface area contributed by atoms with Crippen LogP contribution in [-0.4, -0.2) is 52.6 Å². The van der Waals surface area contributed by atoms with Gasteiger partial charge in [0.1, 0.15) is 0 Å². The summed E-state index contributed by atoms with van der Waals surface area (Å²) in [7, 11) is 5.51. The largest absolute Gasteiger partial charge is 0.446 e. The second-order valence-corrected chi connectivity index (χ2v) is 8.98.